The topological polar surface area (TPSA) is 112 Å². The number of aromatic carboxylic acids is 1. The highest BCUT2D eigenvalue weighted by Crippen LogP contribution is 2.38. The number of ketones is 1. The van der Waals surface area contributed by atoms with Crippen molar-refractivity contribution in [1.82, 2.24) is 9.47 Å². The molecule has 1 aliphatic carbocycles. The number of amides is 2. The van der Waals surface area contributed by atoms with Gasteiger partial charge in [-0.15, -0.1) is 0 Å². The van der Waals surface area contributed by atoms with Gasteiger partial charge in [0.05, 0.1) is 11.2 Å². The maximum atomic E-state index is 15.1. The second-order valence-corrected chi connectivity index (χ2v) is 9.17. The standard InChI is InChI=1S/C26H25FN4O5/c1-15(32)16-2-4-17(5-3-16)28-26(36)30-10-8-29(9-11-30)23-13-22-19(12-21(23)27)24(33)20(25(34)35)14-31(22)18-6-7-18/h2-5,12-14,18H,6-11H2,1H3,(H,28,36)(H,34,35). The first-order valence-electron chi connectivity index (χ1n) is 11.8. The molecule has 2 aromatic carbocycles. The van der Waals surface area contributed by atoms with E-state index in [0.717, 1.165) is 18.9 Å². The van der Waals surface area contributed by atoms with Gasteiger partial charge in [-0.3, -0.25) is 9.59 Å². The van der Waals surface area contributed by atoms with Gasteiger partial charge in [0.1, 0.15) is 11.4 Å². The summed E-state index contributed by atoms with van der Waals surface area (Å²) < 4.78 is 16.9. The second-order valence-electron chi connectivity index (χ2n) is 9.17. The van der Waals surface area contributed by atoms with Crippen LogP contribution < -0.4 is 15.6 Å². The summed E-state index contributed by atoms with van der Waals surface area (Å²) in [6, 6.07) is 9.19. The van der Waals surface area contributed by atoms with Crippen LogP contribution in [-0.2, 0) is 0 Å². The van der Waals surface area contributed by atoms with E-state index < -0.39 is 17.2 Å². The average Bonchev–Trinajstić information content (AvgIpc) is 3.70. The quantitative estimate of drug-likeness (QED) is 0.525. The summed E-state index contributed by atoms with van der Waals surface area (Å²) in [5, 5.41) is 12.3. The Labute approximate surface area is 205 Å². The molecule has 2 fully saturated rings. The van der Waals surface area contributed by atoms with E-state index in [0.29, 0.717) is 48.6 Å². The summed E-state index contributed by atoms with van der Waals surface area (Å²) in [6.45, 7) is 2.98. The number of carbonyl (C=O) groups excluding carboxylic acids is 2. The highest BCUT2D eigenvalue weighted by Gasteiger charge is 2.29. The zero-order valence-corrected chi connectivity index (χ0v) is 19.7. The Morgan fingerprint density at radius 2 is 1.69 bits per heavy atom. The van der Waals surface area contributed by atoms with E-state index in [9.17, 15) is 24.3 Å². The van der Waals surface area contributed by atoms with Crippen LogP contribution in [0.1, 0.15) is 46.5 Å². The van der Waals surface area contributed by atoms with Crippen LogP contribution in [-0.4, -0.2) is 58.5 Å². The molecule has 2 N–H and O–H groups in total. The lowest BCUT2D eigenvalue weighted by Gasteiger charge is -2.36. The van der Waals surface area contributed by atoms with Crippen LogP contribution in [0.15, 0.2) is 47.4 Å². The van der Waals surface area contributed by atoms with Crippen LogP contribution in [0.3, 0.4) is 0 Å². The summed E-state index contributed by atoms with van der Waals surface area (Å²) >= 11 is 0. The van der Waals surface area contributed by atoms with Crippen molar-refractivity contribution in [2.45, 2.75) is 25.8 Å². The minimum absolute atomic E-state index is 0.0526. The number of carboxylic acid groups (broad SMARTS) is 1. The van der Waals surface area contributed by atoms with Crippen LogP contribution in [0.4, 0.5) is 20.6 Å². The van der Waals surface area contributed by atoms with Gasteiger partial charge in [0.25, 0.3) is 0 Å². The molecule has 5 rings (SSSR count). The maximum Gasteiger partial charge on any atom is 0.341 e. The molecule has 0 radical (unpaired) electrons. The predicted molar refractivity (Wildman–Crippen MR) is 133 cm³/mol. The largest absolute Gasteiger partial charge is 0.477 e. The highest BCUT2D eigenvalue weighted by molar-refractivity contribution is 5.96. The molecule has 0 spiro atoms. The molecule has 10 heteroatoms. The van der Waals surface area contributed by atoms with Crippen LogP contribution in [0.25, 0.3) is 10.9 Å². The van der Waals surface area contributed by atoms with Crippen molar-refractivity contribution in [2.75, 3.05) is 36.4 Å². The van der Waals surface area contributed by atoms with E-state index in [1.54, 1.807) is 39.8 Å². The summed E-state index contributed by atoms with van der Waals surface area (Å²) in [5.74, 6) is -1.99. The molecular formula is C26H25FN4O5. The SMILES string of the molecule is CC(=O)c1ccc(NC(=O)N2CCN(c3cc4c(cc3F)c(=O)c(C(=O)O)cn4C3CC3)CC2)cc1. The van der Waals surface area contributed by atoms with Gasteiger partial charge in [-0.2, -0.15) is 0 Å². The number of aromatic nitrogens is 1. The fraction of sp³-hybridized carbons (Fsp3) is 0.308. The lowest BCUT2D eigenvalue weighted by atomic mass is 10.1. The Hall–Kier alpha value is -4.21. The number of fused-ring (bicyclic) bond motifs is 1. The zero-order chi connectivity index (χ0) is 25.6. The van der Waals surface area contributed by atoms with Crippen molar-refractivity contribution in [3.63, 3.8) is 0 Å². The number of nitrogens with zero attached hydrogens (tertiary/aromatic N) is 3. The number of halogens is 1. The van der Waals surface area contributed by atoms with Gasteiger partial charge in [-0.05, 0) is 56.2 Å². The molecule has 36 heavy (non-hydrogen) atoms. The van der Waals surface area contributed by atoms with Gasteiger partial charge in [0.15, 0.2) is 5.78 Å². The van der Waals surface area contributed by atoms with E-state index in [1.807, 2.05) is 4.90 Å². The first-order valence-corrected chi connectivity index (χ1v) is 11.8. The molecule has 186 valence electrons. The zero-order valence-electron chi connectivity index (χ0n) is 19.7. The summed E-state index contributed by atoms with van der Waals surface area (Å²) in [5.41, 5.74) is 0.907. The van der Waals surface area contributed by atoms with Crippen molar-refractivity contribution >= 4 is 40.1 Å². The Kier molecular flexibility index (Phi) is 5.95. The number of piperazine rings is 1. The molecule has 2 aliphatic rings. The number of anilines is 2. The molecule has 1 aromatic heterocycles. The average molecular weight is 493 g/mol. The number of carboxylic acids is 1. The lowest BCUT2D eigenvalue weighted by molar-refractivity contribution is 0.0694. The van der Waals surface area contributed by atoms with E-state index in [2.05, 4.69) is 5.32 Å². The van der Waals surface area contributed by atoms with Crippen molar-refractivity contribution in [3.8, 4) is 0 Å². The lowest BCUT2D eigenvalue weighted by Crippen LogP contribution is -2.50. The molecule has 0 bridgehead atoms. The van der Waals surface area contributed by atoms with Crippen LogP contribution in [0.2, 0.25) is 0 Å². The van der Waals surface area contributed by atoms with Gasteiger partial charge in [0, 0.05) is 55.1 Å². The van der Waals surface area contributed by atoms with Crippen LogP contribution in [0, 0.1) is 5.82 Å². The number of nitrogens with one attached hydrogen (secondary N) is 1. The fourth-order valence-corrected chi connectivity index (χ4v) is 4.55. The third-order valence-electron chi connectivity index (χ3n) is 6.72. The number of hydrogen-bond donors (Lipinski definition) is 2. The number of rotatable bonds is 5. The Morgan fingerprint density at radius 1 is 1.03 bits per heavy atom. The van der Waals surface area contributed by atoms with Gasteiger partial charge in [-0.25, -0.2) is 14.0 Å². The third-order valence-corrected chi connectivity index (χ3v) is 6.72. The van der Waals surface area contributed by atoms with Gasteiger partial charge < -0.3 is 24.8 Å². The summed E-state index contributed by atoms with van der Waals surface area (Å²) in [6.07, 6.45) is 3.10. The van der Waals surface area contributed by atoms with E-state index in [-0.39, 0.29) is 28.8 Å². The summed E-state index contributed by atoms with van der Waals surface area (Å²) in [7, 11) is 0. The molecule has 1 aliphatic heterocycles. The Bertz CT molecular complexity index is 1440. The number of carbonyl (C=O) groups is 3. The van der Waals surface area contributed by atoms with Gasteiger partial charge in [-0.1, -0.05) is 0 Å². The van der Waals surface area contributed by atoms with Crippen LogP contribution >= 0.6 is 0 Å². The van der Waals surface area contributed by atoms with Crippen molar-refractivity contribution in [2.24, 2.45) is 0 Å². The molecule has 1 saturated carbocycles. The first kappa shape index (κ1) is 23.5. The first-order chi connectivity index (χ1) is 17.2. The number of pyridine rings is 1. The Morgan fingerprint density at radius 3 is 2.28 bits per heavy atom. The van der Waals surface area contributed by atoms with Crippen molar-refractivity contribution < 1.29 is 23.9 Å². The smallest absolute Gasteiger partial charge is 0.341 e. The molecule has 0 unspecified atom stereocenters. The molecule has 2 heterocycles. The normalized spacial score (nSPS) is 15.7. The molecular weight excluding hydrogens is 467 g/mol. The molecule has 2 amide bonds. The van der Waals surface area contributed by atoms with E-state index in [4.69, 9.17) is 0 Å². The fourth-order valence-electron chi connectivity index (χ4n) is 4.55. The second kappa shape index (κ2) is 9.10. The molecule has 3 aromatic rings. The van der Waals surface area contributed by atoms with Crippen molar-refractivity contribution in [3.05, 3.63) is 69.8 Å². The van der Waals surface area contributed by atoms with Crippen LogP contribution in [0.5, 0.6) is 0 Å². The minimum Gasteiger partial charge on any atom is -0.477 e. The Balaban J connectivity index is 1.33. The monoisotopic (exact) mass is 492 g/mol. The number of Topliss-reactive ketones (excluding diaryl/α,β-unsaturated/α-hetero) is 1. The van der Waals surface area contributed by atoms with Gasteiger partial charge >= 0.3 is 12.0 Å². The molecule has 0 atom stereocenters. The highest BCUT2D eigenvalue weighted by atomic mass is 19.1. The predicted octanol–water partition coefficient (Wildman–Crippen LogP) is 3.73. The molecule has 1 saturated heterocycles. The number of urea groups is 1. The van der Waals surface area contributed by atoms with E-state index in [1.165, 1.54) is 13.1 Å². The van der Waals surface area contributed by atoms with E-state index >= 15 is 4.39 Å². The van der Waals surface area contributed by atoms with Crippen molar-refractivity contribution in [1.29, 1.82) is 0 Å². The summed E-state index contributed by atoms with van der Waals surface area (Å²) in [4.78, 5) is 51.8. The third kappa shape index (κ3) is 4.41. The molecule has 9 nitrogen and oxygen atoms in total. The maximum absolute atomic E-state index is 15.1. The number of benzene rings is 2. The number of hydrogen-bond acceptors (Lipinski definition) is 5. The minimum atomic E-state index is -1.33. The van der Waals surface area contributed by atoms with Gasteiger partial charge in [0.2, 0.25) is 5.43 Å².